The zero-order valence-electron chi connectivity index (χ0n) is 15.1. The van der Waals surface area contributed by atoms with Gasteiger partial charge in [-0.2, -0.15) is 0 Å². The van der Waals surface area contributed by atoms with Crippen molar-refractivity contribution in [1.82, 2.24) is 14.7 Å². The molecule has 3 aromatic rings. The highest BCUT2D eigenvalue weighted by Gasteiger charge is 2.25. The van der Waals surface area contributed by atoms with Gasteiger partial charge >= 0.3 is 5.97 Å². The lowest BCUT2D eigenvalue weighted by atomic mass is 10.2. The number of aromatic nitrogens is 3. The third-order valence-corrected chi connectivity index (χ3v) is 4.09. The second kappa shape index (κ2) is 7.40. The largest absolute Gasteiger partial charge is 0.461 e. The van der Waals surface area contributed by atoms with Crippen LogP contribution in [-0.2, 0) is 9.53 Å². The van der Waals surface area contributed by atoms with Gasteiger partial charge in [0.05, 0.1) is 6.61 Å². The van der Waals surface area contributed by atoms with E-state index in [9.17, 15) is 14.4 Å². The molecule has 1 amide bonds. The molecule has 2 heterocycles. The van der Waals surface area contributed by atoms with Crippen LogP contribution in [0.2, 0.25) is 0 Å². The number of fused-ring (bicyclic) bond motifs is 1. The van der Waals surface area contributed by atoms with Gasteiger partial charge in [-0.05, 0) is 32.4 Å². The molecule has 0 spiro atoms. The number of nitrogens with zero attached hydrogens (tertiary/aromatic N) is 3. The van der Waals surface area contributed by atoms with E-state index >= 15 is 0 Å². The van der Waals surface area contributed by atoms with Crippen LogP contribution in [0.3, 0.4) is 0 Å². The number of carbonyl (C=O) groups is 2. The van der Waals surface area contributed by atoms with E-state index < -0.39 is 23.5 Å². The number of ether oxygens (including phenoxy) is 1. The zero-order chi connectivity index (χ0) is 19.6. The third kappa shape index (κ3) is 3.43. The fraction of sp³-hybridized carbons (Fsp3) is 0.278. The molecule has 0 radical (unpaired) electrons. The van der Waals surface area contributed by atoms with Gasteiger partial charge < -0.3 is 14.6 Å². The Kier molecular flexibility index (Phi) is 5.02. The minimum absolute atomic E-state index is 0.0918. The summed E-state index contributed by atoms with van der Waals surface area (Å²) in [5, 5.41) is 6.23. The Morgan fingerprint density at radius 3 is 2.78 bits per heavy atom. The standard InChI is InChI=1S/C18H18N4O5/c1-4-26-18(25)14-13-16(27-21-14)19-9-22(17(13)24)11(3)15(23)20-12-8-6-5-7-10(12)2/h5-9,11H,4H2,1-3H3,(H,20,23)/t11-/m0/s1. The van der Waals surface area contributed by atoms with Crippen molar-refractivity contribution in [3.05, 3.63) is 52.2 Å². The lowest BCUT2D eigenvalue weighted by Crippen LogP contribution is -2.32. The molecule has 0 fully saturated rings. The van der Waals surface area contributed by atoms with Gasteiger partial charge in [-0.1, -0.05) is 23.4 Å². The number of carbonyl (C=O) groups excluding carboxylic acids is 2. The maximum absolute atomic E-state index is 12.8. The molecule has 0 aliphatic rings. The van der Waals surface area contributed by atoms with Crippen LogP contribution in [0, 0.1) is 6.92 Å². The Labute approximate surface area is 153 Å². The Balaban J connectivity index is 1.96. The molecular formula is C18H18N4O5. The van der Waals surface area contributed by atoms with Gasteiger partial charge in [0.15, 0.2) is 0 Å². The molecule has 0 bridgehead atoms. The van der Waals surface area contributed by atoms with E-state index in [1.54, 1.807) is 26.0 Å². The summed E-state index contributed by atoms with van der Waals surface area (Å²) in [5.41, 5.74) is 0.573. The van der Waals surface area contributed by atoms with Crippen LogP contribution in [0.1, 0.15) is 35.9 Å². The quantitative estimate of drug-likeness (QED) is 0.683. The molecule has 140 valence electrons. The number of hydrogen-bond acceptors (Lipinski definition) is 7. The highest BCUT2D eigenvalue weighted by Crippen LogP contribution is 2.17. The molecule has 0 saturated heterocycles. The van der Waals surface area contributed by atoms with Crippen LogP contribution in [-0.4, -0.2) is 33.2 Å². The molecule has 9 heteroatoms. The van der Waals surface area contributed by atoms with Crippen molar-refractivity contribution < 1.29 is 18.8 Å². The van der Waals surface area contributed by atoms with Gasteiger partial charge in [-0.15, -0.1) is 0 Å². The van der Waals surface area contributed by atoms with Crippen molar-refractivity contribution >= 4 is 28.7 Å². The summed E-state index contributed by atoms with van der Waals surface area (Å²) in [7, 11) is 0. The van der Waals surface area contributed by atoms with E-state index in [0.29, 0.717) is 5.69 Å². The number of amides is 1. The van der Waals surface area contributed by atoms with Crippen molar-refractivity contribution in [2.24, 2.45) is 0 Å². The summed E-state index contributed by atoms with van der Waals surface area (Å²) >= 11 is 0. The number of anilines is 1. The number of aryl methyl sites for hydroxylation is 1. The van der Waals surface area contributed by atoms with E-state index in [1.807, 2.05) is 19.1 Å². The van der Waals surface area contributed by atoms with E-state index in [-0.39, 0.29) is 23.4 Å². The molecule has 1 N–H and O–H groups in total. The smallest absolute Gasteiger partial charge is 0.361 e. The van der Waals surface area contributed by atoms with Crippen LogP contribution >= 0.6 is 0 Å². The molecule has 27 heavy (non-hydrogen) atoms. The van der Waals surface area contributed by atoms with Gasteiger partial charge in [-0.25, -0.2) is 9.78 Å². The number of esters is 1. The van der Waals surface area contributed by atoms with Gasteiger partial charge in [0.1, 0.15) is 17.8 Å². The van der Waals surface area contributed by atoms with E-state index in [2.05, 4.69) is 15.5 Å². The monoisotopic (exact) mass is 370 g/mol. The van der Waals surface area contributed by atoms with Crippen LogP contribution < -0.4 is 10.9 Å². The minimum atomic E-state index is -0.876. The lowest BCUT2D eigenvalue weighted by molar-refractivity contribution is -0.118. The van der Waals surface area contributed by atoms with Gasteiger partial charge in [0, 0.05) is 5.69 Å². The van der Waals surface area contributed by atoms with Crippen LogP contribution in [0.25, 0.3) is 11.1 Å². The first-order valence-electron chi connectivity index (χ1n) is 8.34. The normalized spacial score (nSPS) is 12.0. The Hall–Kier alpha value is -3.49. The van der Waals surface area contributed by atoms with E-state index in [4.69, 9.17) is 9.26 Å². The van der Waals surface area contributed by atoms with Crippen LogP contribution in [0.15, 0.2) is 39.9 Å². The predicted molar refractivity (Wildman–Crippen MR) is 96.5 cm³/mol. The maximum Gasteiger partial charge on any atom is 0.361 e. The van der Waals surface area contributed by atoms with E-state index in [1.165, 1.54) is 6.33 Å². The summed E-state index contributed by atoms with van der Waals surface area (Å²) in [6.07, 6.45) is 1.19. The van der Waals surface area contributed by atoms with Crippen LogP contribution in [0.5, 0.6) is 0 Å². The van der Waals surface area contributed by atoms with Crippen LogP contribution in [0.4, 0.5) is 5.69 Å². The topological polar surface area (TPSA) is 116 Å². The van der Waals surface area contributed by atoms with Gasteiger partial charge in [0.2, 0.25) is 11.6 Å². The molecule has 2 aromatic heterocycles. The Morgan fingerprint density at radius 2 is 2.07 bits per heavy atom. The van der Waals surface area contributed by atoms with Crippen molar-refractivity contribution in [3.8, 4) is 0 Å². The second-order valence-electron chi connectivity index (χ2n) is 5.87. The summed E-state index contributed by atoms with van der Waals surface area (Å²) in [6, 6.07) is 6.42. The summed E-state index contributed by atoms with van der Waals surface area (Å²) in [4.78, 5) is 41.3. The van der Waals surface area contributed by atoms with Crippen molar-refractivity contribution in [3.63, 3.8) is 0 Å². The Morgan fingerprint density at radius 1 is 1.33 bits per heavy atom. The van der Waals surface area contributed by atoms with Crippen molar-refractivity contribution in [1.29, 1.82) is 0 Å². The van der Waals surface area contributed by atoms with Gasteiger partial charge in [-0.3, -0.25) is 14.2 Å². The average molecular weight is 370 g/mol. The molecule has 3 rings (SSSR count). The third-order valence-electron chi connectivity index (χ3n) is 4.09. The predicted octanol–water partition coefficient (Wildman–Crippen LogP) is 2.07. The lowest BCUT2D eigenvalue weighted by Gasteiger charge is -2.15. The van der Waals surface area contributed by atoms with Crippen molar-refractivity contribution in [2.75, 3.05) is 11.9 Å². The van der Waals surface area contributed by atoms with E-state index in [0.717, 1.165) is 10.1 Å². The highest BCUT2D eigenvalue weighted by atomic mass is 16.5. The summed E-state index contributed by atoms with van der Waals surface area (Å²) in [6.45, 7) is 5.18. The maximum atomic E-state index is 12.8. The number of rotatable bonds is 5. The molecule has 1 atom stereocenters. The molecular weight excluding hydrogens is 352 g/mol. The molecule has 0 aliphatic carbocycles. The number of nitrogens with one attached hydrogen (secondary N) is 1. The second-order valence-corrected chi connectivity index (χ2v) is 5.87. The van der Waals surface area contributed by atoms with Crippen molar-refractivity contribution in [2.45, 2.75) is 26.8 Å². The highest BCUT2D eigenvalue weighted by molar-refractivity contribution is 6.00. The summed E-state index contributed by atoms with van der Waals surface area (Å²) in [5.74, 6) is -1.19. The fourth-order valence-electron chi connectivity index (χ4n) is 2.55. The number of para-hydroxylation sites is 1. The molecule has 1 aromatic carbocycles. The molecule has 0 aliphatic heterocycles. The number of hydrogen-bond donors (Lipinski definition) is 1. The summed E-state index contributed by atoms with van der Waals surface area (Å²) < 4.78 is 10.9. The molecule has 9 nitrogen and oxygen atoms in total. The SMILES string of the molecule is CCOC(=O)c1noc2ncn([C@@H](C)C(=O)Nc3ccccc3C)c(=O)c12. The first kappa shape index (κ1) is 18.3. The molecule has 0 unspecified atom stereocenters. The fourth-order valence-corrected chi connectivity index (χ4v) is 2.55. The first-order valence-corrected chi connectivity index (χ1v) is 8.34. The minimum Gasteiger partial charge on any atom is -0.461 e. The zero-order valence-corrected chi connectivity index (χ0v) is 15.1. The van der Waals surface area contributed by atoms with Gasteiger partial charge in [0.25, 0.3) is 11.3 Å². The first-order chi connectivity index (χ1) is 12.9. The number of benzene rings is 1. The Bertz CT molecular complexity index is 1070. The average Bonchev–Trinajstić information content (AvgIpc) is 3.09. The molecule has 0 saturated carbocycles.